The number of benzene rings is 1. The fourth-order valence-corrected chi connectivity index (χ4v) is 3.10. The Kier molecular flexibility index (Phi) is 2.79. The Bertz CT molecular complexity index is 448. The predicted molar refractivity (Wildman–Crippen MR) is 64.0 cm³/mol. The summed E-state index contributed by atoms with van der Waals surface area (Å²) in [4.78, 5) is 0. The molecule has 2 atom stereocenters. The number of methoxy groups -OCH3 is 1. The van der Waals surface area contributed by atoms with Crippen LogP contribution in [0.2, 0.25) is 0 Å². The summed E-state index contributed by atoms with van der Waals surface area (Å²) in [6.07, 6.45) is 3.25. The molecule has 3 rings (SSSR count). The molecule has 2 unspecified atom stereocenters. The van der Waals surface area contributed by atoms with Gasteiger partial charge >= 0.3 is 0 Å². The van der Waals surface area contributed by atoms with Crippen LogP contribution in [0.4, 0.5) is 4.39 Å². The van der Waals surface area contributed by atoms with Crippen LogP contribution in [0, 0.1) is 5.82 Å². The van der Waals surface area contributed by atoms with Crippen LogP contribution in [0.15, 0.2) is 18.2 Å². The van der Waals surface area contributed by atoms with Crippen LogP contribution < -0.4 is 4.74 Å². The van der Waals surface area contributed by atoms with Crippen LogP contribution >= 0.6 is 0 Å². The molecular formula is C14H17FO3. The molecule has 0 aliphatic carbocycles. The lowest BCUT2D eigenvalue weighted by molar-refractivity contribution is -0.115. The number of hydrogen-bond donors (Lipinski definition) is 1. The van der Waals surface area contributed by atoms with Gasteiger partial charge < -0.3 is 14.6 Å². The highest BCUT2D eigenvalue weighted by molar-refractivity contribution is 5.34. The van der Waals surface area contributed by atoms with Crippen LogP contribution in [0.25, 0.3) is 0 Å². The molecule has 2 fully saturated rings. The Morgan fingerprint density at radius 3 is 2.56 bits per heavy atom. The zero-order valence-corrected chi connectivity index (χ0v) is 10.4. The fourth-order valence-electron chi connectivity index (χ4n) is 3.10. The summed E-state index contributed by atoms with van der Waals surface area (Å²) >= 11 is 0. The van der Waals surface area contributed by atoms with Crippen molar-refractivity contribution < 1.29 is 19.0 Å². The van der Waals surface area contributed by atoms with Gasteiger partial charge in [-0.15, -0.1) is 0 Å². The fraction of sp³-hybridized carbons (Fsp3) is 0.571. The lowest BCUT2D eigenvalue weighted by Crippen LogP contribution is -2.38. The minimum atomic E-state index is -0.987. The molecule has 0 aromatic heterocycles. The summed E-state index contributed by atoms with van der Waals surface area (Å²) in [6.45, 7) is 0. The van der Waals surface area contributed by atoms with E-state index in [4.69, 9.17) is 9.47 Å². The predicted octanol–water partition coefficient (Wildman–Crippen LogP) is 2.36. The van der Waals surface area contributed by atoms with Gasteiger partial charge in [-0.3, -0.25) is 0 Å². The maximum atomic E-state index is 13.5. The highest BCUT2D eigenvalue weighted by Crippen LogP contribution is 2.44. The van der Waals surface area contributed by atoms with E-state index < -0.39 is 5.60 Å². The van der Waals surface area contributed by atoms with Crippen molar-refractivity contribution >= 4 is 0 Å². The van der Waals surface area contributed by atoms with Crippen molar-refractivity contribution in [1.82, 2.24) is 0 Å². The van der Waals surface area contributed by atoms with E-state index in [1.54, 1.807) is 6.07 Å². The zero-order valence-electron chi connectivity index (χ0n) is 10.4. The topological polar surface area (TPSA) is 38.7 Å². The van der Waals surface area contributed by atoms with E-state index in [-0.39, 0.29) is 18.0 Å². The molecule has 2 saturated heterocycles. The SMILES string of the molecule is COc1cc(F)cc(C2(O)CC3CCC(C2)O3)c1. The molecule has 1 aromatic carbocycles. The molecule has 1 N–H and O–H groups in total. The van der Waals surface area contributed by atoms with Crippen molar-refractivity contribution in [3.63, 3.8) is 0 Å². The van der Waals surface area contributed by atoms with Crippen molar-refractivity contribution in [1.29, 1.82) is 0 Å². The number of halogens is 1. The van der Waals surface area contributed by atoms with Crippen molar-refractivity contribution in [3.05, 3.63) is 29.6 Å². The number of aliphatic hydroxyl groups is 1. The molecule has 18 heavy (non-hydrogen) atoms. The minimum absolute atomic E-state index is 0.100. The van der Waals surface area contributed by atoms with Gasteiger partial charge in [0.05, 0.1) is 24.9 Å². The lowest BCUT2D eigenvalue weighted by atomic mass is 9.83. The molecule has 98 valence electrons. The van der Waals surface area contributed by atoms with Crippen LogP contribution in [0.3, 0.4) is 0 Å². The van der Waals surface area contributed by atoms with E-state index in [1.165, 1.54) is 19.2 Å². The first-order chi connectivity index (χ1) is 8.59. The van der Waals surface area contributed by atoms with E-state index in [1.807, 2.05) is 0 Å². The number of rotatable bonds is 2. The van der Waals surface area contributed by atoms with Gasteiger partial charge in [-0.2, -0.15) is 0 Å². The van der Waals surface area contributed by atoms with E-state index in [9.17, 15) is 9.50 Å². The Morgan fingerprint density at radius 1 is 1.28 bits per heavy atom. The molecule has 1 aromatic rings. The quantitative estimate of drug-likeness (QED) is 0.878. The largest absolute Gasteiger partial charge is 0.497 e. The molecule has 4 heteroatoms. The Hall–Kier alpha value is -1.13. The average Bonchev–Trinajstić information content (AvgIpc) is 2.68. The Labute approximate surface area is 106 Å². The van der Waals surface area contributed by atoms with Crippen molar-refractivity contribution in [2.24, 2.45) is 0 Å². The summed E-state index contributed by atoms with van der Waals surface area (Å²) in [7, 11) is 1.50. The maximum Gasteiger partial charge on any atom is 0.127 e. The second kappa shape index (κ2) is 4.21. The third-order valence-electron chi connectivity index (χ3n) is 3.97. The molecule has 2 heterocycles. The van der Waals surface area contributed by atoms with E-state index in [0.29, 0.717) is 24.2 Å². The van der Waals surface area contributed by atoms with Crippen LogP contribution in [0.5, 0.6) is 5.75 Å². The van der Waals surface area contributed by atoms with Crippen LogP contribution in [-0.2, 0) is 10.3 Å². The number of hydrogen-bond acceptors (Lipinski definition) is 3. The average molecular weight is 252 g/mol. The summed E-state index contributed by atoms with van der Waals surface area (Å²) in [5.41, 5.74) is -0.390. The van der Waals surface area contributed by atoms with Crippen molar-refractivity contribution in [2.75, 3.05) is 7.11 Å². The second-order valence-electron chi connectivity index (χ2n) is 5.28. The molecule has 0 amide bonds. The van der Waals surface area contributed by atoms with Gasteiger partial charge in [0.2, 0.25) is 0 Å². The van der Waals surface area contributed by atoms with E-state index >= 15 is 0 Å². The number of ether oxygens (including phenoxy) is 2. The summed E-state index contributed by atoms with van der Waals surface area (Å²) in [5.74, 6) is 0.0638. The molecule has 2 aliphatic heterocycles. The van der Waals surface area contributed by atoms with Crippen LogP contribution in [-0.4, -0.2) is 24.4 Å². The standard InChI is InChI=1S/C14H17FO3/c1-17-13-5-9(4-10(15)6-13)14(16)7-11-2-3-12(8-14)18-11/h4-6,11-12,16H,2-3,7-8H2,1H3. The zero-order chi connectivity index (χ0) is 12.8. The molecule has 2 bridgehead atoms. The van der Waals surface area contributed by atoms with Crippen LogP contribution in [0.1, 0.15) is 31.2 Å². The monoisotopic (exact) mass is 252 g/mol. The third-order valence-corrected chi connectivity index (χ3v) is 3.97. The maximum absolute atomic E-state index is 13.5. The highest BCUT2D eigenvalue weighted by atomic mass is 19.1. The molecular weight excluding hydrogens is 235 g/mol. The minimum Gasteiger partial charge on any atom is -0.497 e. The smallest absolute Gasteiger partial charge is 0.127 e. The third kappa shape index (κ3) is 1.99. The second-order valence-corrected chi connectivity index (χ2v) is 5.28. The first-order valence-corrected chi connectivity index (χ1v) is 6.32. The van der Waals surface area contributed by atoms with Gasteiger partial charge in [0.25, 0.3) is 0 Å². The lowest BCUT2D eigenvalue weighted by Gasteiger charge is -2.37. The highest BCUT2D eigenvalue weighted by Gasteiger charge is 2.44. The van der Waals surface area contributed by atoms with Crippen molar-refractivity contribution in [3.8, 4) is 5.75 Å². The molecule has 2 aliphatic rings. The Morgan fingerprint density at radius 2 is 1.94 bits per heavy atom. The molecule has 0 radical (unpaired) electrons. The van der Waals surface area contributed by atoms with Gasteiger partial charge in [0.1, 0.15) is 11.6 Å². The molecule has 0 spiro atoms. The summed E-state index contributed by atoms with van der Waals surface area (Å²) in [6, 6.07) is 4.43. The Balaban J connectivity index is 1.95. The molecule has 0 saturated carbocycles. The van der Waals surface area contributed by atoms with Gasteiger partial charge in [0.15, 0.2) is 0 Å². The first-order valence-electron chi connectivity index (χ1n) is 6.32. The molecule has 3 nitrogen and oxygen atoms in total. The van der Waals surface area contributed by atoms with Gasteiger partial charge in [-0.1, -0.05) is 0 Å². The number of fused-ring (bicyclic) bond motifs is 2. The van der Waals surface area contributed by atoms with Crippen molar-refractivity contribution in [2.45, 2.75) is 43.5 Å². The summed E-state index contributed by atoms with van der Waals surface area (Å²) in [5, 5.41) is 10.8. The van der Waals surface area contributed by atoms with Gasteiger partial charge in [-0.25, -0.2) is 4.39 Å². The normalized spacial score (nSPS) is 34.6. The summed E-state index contributed by atoms with van der Waals surface area (Å²) < 4.78 is 24.3. The van der Waals surface area contributed by atoms with Gasteiger partial charge in [-0.05, 0) is 30.5 Å². The van der Waals surface area contributed by atoms with E-state index in [0.717, 1.165) is 12.8 Å². The first kappa shape index (κ1) is 11.9. The van der Waals surface area contributed by atoms with Gasteiger partial charge in [0, 0.05) is 18.9 Å². The van der Waals surface area contributed by atoms with E-state index in [2.05, 4.69) is 0 Å².